The van der Waals surface area contributed by atoms with E-state index in [1.807, 2.05) is 0 Å². The largest absolute Gasteiger partial charge is 0.466 e. The van der Waals surface area contributed by atoms with Gasteiger partial charge in [0.05, 0.1) is 25.4 Å². The number of aliphatic hydroxyl groups excluding tert-OH is 2. The molecular weight excluding hydrogens is 803 g/mol. The summed E-state index contributed by atoms with van der Waals surface area (Å²) in [4.78, 5) is 24.6. The number of hydrogen-bond donors (Lipinski definition) is 3. The number of carbonyl (C=O) groups is 2. The van der Waals surface area contributed by atoms with Gasteiger partial charge in [-0.3, -0.25) is 9.59 Å². The molecule has 0 aliphatic carbocycles. The second-order valence-corrected chi connectivity index (χ2v) is 20.3. The van der Waals surface area contributed by atoms with Gasteiger partial charge in [-0.2, -0.15) is 0 Å². The van der Waals surface area contributed by atoms with E-state index in [1.54, 1.807) is 0 Å². The number of carbonyl (C=O) groups excluding carboxylic acids is 2. The summed E-state index contributed by atoms with van der Waals surface area (Å²) >= 11 is 0. The lowest BCUT2D eigenvalue weighted by Gasteiger charge is -2.22. The molecule has 0 aromatic carbocycles. The van der Waals surface area contributed by atoms with Crippen LogP contribution in [0.3, 0.4) is 0 Å². The maximum absolute atomic E-state index is 12.5. The Balaban J connectivity index is 3.48. The molecule has 0 fully saturated rings. The number of ether oxygens (including phenoxy) is 1. The summed E-state index contributed by atoms with van der Waals surface area (Å²) in [6.45, 7) is 4.90. The molecule has 0 aliphatic heterocycles. The highest BCUT2D eigenvalue weighted by Crippen LogP contribution is 2.18. The van der Waals surface area contributed by atoms with E-state index in [2.05, 4.69) is 31.3 Å². The monoisotopic (exact) mass is 918 g/mol. The minimum Gasteiger partial charge on any atom is -0.466 e. The van der Waals surface area contributed by atoms with Crippen LogP contribution >= 0.6 is 0 Å². The van der Waals surface area contributed by atoms with Gasteiger partial charge in [-0.1, -0.05) is 276 Å². The Morgan fingerprint density at radius 1 is 0.415 bits per heavy atom. The Bertz CT molecular complexity index is 970. The first kappa shape index (κ1) is 63.6. The van der Waals surface area contributed by atoms with Crippen LogP contribution in [-0.2, 0) is 14.3 Å². The molecule has 0 heterocycles. The molecule has 65 heavy (non-hydrogen) atoms. The Kier molecular flexibility index (Phi) is 54.0. The van der Waals surface area contributed by atoms with E-state index >= 15 is 0 Å². The summed E-state index contributed by atoms with van der Waals surface area (Å²) in [7, 11) is 0. The molecule has 0 aromatic rings. The van der Waals surface area contributed by atoms with Crippen LogP contribution in [0.25, 0.3) is 0 Å². The van der Waals surface area contributed by atoms with Crippen molar-refractivity contribution < 1.29 is 24.5 Å². The SMILES string of the molecule is CCCCCCCCCCCCCCCCCCCCCCC(O)C(CO)NC(=O)CCCCCC/C=C\CCCCOC(=O)CCCCCCCCCCCCCCCCCCCC. The minimum absolute atomic E-state index is 0.0309. The van der Waals surface area contributed by atoms with Crippen LogP contribution < -0.4 is 5.32 Å². The molecule has 6 nitrogen and oxygen atoms in total. The number of allylic oxidation sites excluding steroid dienone is 2. The van der Waals surface area contributed by atoms with Gasteiger partial charge in [0.2, 0.25) is 5.91 Å². The van der Waals surface area contributed by atoms with Gasteiger partial charge in [-0.05, 0) is 51.4 Å². The maximum Gasteiger partial charge on any atom is 0.305 e. The molecule has 0 aromatic heterocycles. The number of hydrogen-bond acceptors (Lipinski definition) is 5. The van der Waals surface area contributed by atoms with Gasteiger partial charge >= 0.3 is 5.97 Å². The zero-order valence-electron chi connectivity index (χ0n) is 44.0. The van der Waals surface area contributed by atoms with Crippen molar-refractivity contribution in [3.63, 3.8) is 0 Å². The van der Waals surface area contributed by atoms with Crippen LogP contribution in [-0.4, -0.2) is 47.4 Å². The molecule has 2 unspecified atom stereocenters. The number of amides is 1. The smallest absolute Gasteiger partial charge is 0.305 e. The highest BCUT2D eigenvalue weighted by molar-refractivity contribution is 5.76. The maximum atomic E-state index is 12.5. The topological polar surface area (TPSA) is 95.9 Å². The van der Waals surface area contributed by atoms with E-state index in [0.717, 1.165) is 77.0 Å². The second kappa shape index (κ2) is 55.2. The minimum atomic E-state index is -0.686. The van der Waals surface area contributed by atoms with E-state index in [4.69, 9.17) is 4.74 Å². The number of aliphatic hydroxyl groups is 2. The molecular formula is C59H115NO5. The van der Waals surface area contributed by atoms with E-state index in [-0.39, 0.29) is 18.5 Å². The highest BCUT2D eigenvalue weighted by Gasteiger charge is 2.20. The van der Waals surface area contributed by atoms with Gasteiger partial charge in [0.15, 0.2) is 0 Å². The van der Waals surface area contributed by atoms with Crippen molar-refractivity contribution in [2.45, 2.75) is 341 Å². The summed E-state index contributed by atoms with van der Waals surface area (Å²) in [5, 5.41) is 23.3. The fourth-order valence-corrected chi connectivity index (χ4v) is 9.28. The lowest BCUT2D eigenvalue weighted by molar-refractivity contribution is -0.143. The van der Waals surface area contributed by atoms with Crippen LogP contribution in [0.4, 0.5) is 0 Å². The van der Waals surface area contributed by atoms with Crippen molar-refractivity contribution in [2.75, 3.05) is 13.2 Å². The molecule has 1 amide bonds. The molecule has 3 N–H and O–H groups in total. The fourth-order valence-electron chi connectivity index (χ4n) is 9.28. The second-order valence-electron chi connectivity index (χ2n) is 20.3. The molecule has 0 rings (SSSR count). The van der Waals surface area contributed by atoms with Crippen LogP contribution in [0, 0.1) is 0 Å². The lowest BCUT2D eigenvalue weighted by atomic mass is 10.0. The first-order valence-corrected chi connectivity index (χ1v) is 29.4. The van der Waals surface area contributed by atoms with E-state index in [1.165, 1.54) is 218 Å². The number of nitrogens with one attached hydrogen (secondary N) is 1. The molecule has 0 spiro atoms. The summed E-state index contributed by atoms with van der Waals surface area (Å²) in [6, 6.07) is -0.566. The Morgan fingerprint density at radius 3 is 1.09 bits per heavy atom. The van der Waals surface area contributed by atoms with Crippen molar-refractivity contribution in [3.8, 4) is 0 Å². The van der Waals surface area contributed by atoms with Crippen LogP contribution in [0.5, 0.6) is 0 Å². The van der Waals surface area contributed by atoms with Crippen molar-refractivity contribution in [1.82, 2.24) is 5.32 Å². The summed E-state index contributed by atoms with van der Waals surface area (Å²) < 4.78 is 5.46. The van der Waals surface area contributed by atoms with E-state index < -0.39 is 12.1 Å². The number of unbranched alkanes of at least 4 members (excludes halogenated alkanes) is 42. The van der Waals surface area contributed by atoms with Gasteiger partial charge in [0, 0.05) is 12.8 Å². The van der Waals surface area contributed by atoms with Crippen LogP contribution in [0.15, 0.2) is 12.2 Å². The molecule has 2 atom stereocenters. The molecule has 386 valence electrons. The molecule has 0 saturated heterocycles. The molecule has 6 heteroatoms. The Hall–Kier alpha value is -1.40. The summed E-state index contributed by atoms with van der Waals surface area (Å²) in [5.74, 6) is -0.0978. The summed E-state index contributed by atoms with van der Waals surface area (Å²) in [5.41, 5.74) is 0. The average molecular weight is 919 g/mol. The first-order chi connectivity index (χ1) is 32.0. The predicted octanol–water partition coefficient (Wildman–Crippen LogP) is 18.1. The van der Waals surface area contributed by atoms with Gasteiger partial charge in [-0.25, -0.2) is 0 Å². The zero-order valence-corrected chi connectivity index (χ0v) is 44.0. The predicted molar refractivity (Wildman–Crippen MR) is 283 cm³/mol. The number of rotatable bonds is 55. The van der Waals surface area contributed by atoms with Crippen molar-refractivity contribution in [3.05, 3.63) is 12.2 Å². The fraction of sp³-hybridized carbons (Fsp3) is 0.932. The Labute approximate surface area is 406 Å². The molecule has 0 bridgehead atoms. The third-order valence-corrected chi connectivity index (χ3v) is 13.8. The van der Waals surface area contributed by atoms with E-state index in [0.29, 0.717) is 25.9 Å². The summed E-state index contributed by atoms with van der Waals surface area (Å²) in [6.07, 6.45) is 64.9. The van der Waals surface area contributed by atoms with Gasteiger partial charge in [-0.15, -0.1) is 0 Å². The van der Waals surface area contributed by atoms with Gasteiger partial charge in [0.25, 0.3) is 0 Å². The standard InChI is InChI=1S/C59H115NO5/c1-3-5-7-9-11-13-15-17-19-21-23-24-25-27-29-31-35-39-43-47-51-57(62)56(55-61)60-58(63)52-48-44-40-36-33-34-38-42-46-50-54-65-59(64)53-49-45-41-37-32-30-28-26-22-20-18-16-14-12-10-8-6-4-2/h34,38,56-57,61-62H,3-33,35-37,39-55H2,1-2H3,(H,60,63)/b38-34-. The molecule has 0 radical (unpaired) electrons. The van der Waals surface area contributed by atoms with Gasteiger partial charge < -0.3 is 20.3 Å². The van der Waals surface area contributed by atoms with Crippen molar-refractivity contribution >= 4 is 11.9 Å². The third kappa shape index (κ3) is 51.8. The average Bonchev–Trinajstić information content (AvgIpc) is 3.31. The number of esters is 1. The zero-order chi connectivity index (χ0) is 47.2. The van der Waals surface area contributed by atoms with Crippen molar-refractivity contribution in [2.24, 2.45) is 0 Å². The molecule has 0 aliphatic rings. The Morgan fingerprint density at radius 2 is 0.723 bits per heavy atom. The van der Waals surface area contributed by atoms with Crippen LogP contribution in [0.2, 0.25) is 0 Å². The first-order valence-electron chi connectivity index (χ1n) is 29.4. The molecule has 0 saturated carbocycles. The quantitative estimate of drug-likeness (QED) is 0.0321. The van der Waals surface area contributed by atoms with Crippen LogP contribution in [0.1, 0.15) is 328 Å². The third-order valence-electron chi connectivity index (χ3n) is 13.8. The normalized spacial score (nSPS) is 12.6. The van der Waals surface area contributed by atoms with E-state index in [9.17, 15) is 19.8 Å². The van der Waals surface area contributed by atoms with Gasteiger partial charge in [0.1, 0.15) is 0 Å². The highest BCUT2D eigenvalue weighted by atomic mass is 16.5. The van der Waals surface area contributed by atoms with Crippen molar-refractivity contribution in [1.29, 1.82) is 0 Å². The lowest BCUT2D eigenvalue weighted by Crippen LogP contribution is -2.45.